The number of hydrogen-bond acceptors (Lipinski definition) is 7. The number of amides is 1. The summed E-state index contributed by atoms with van der Waals surface area (Å²) >= 11 is 1.02. The van der Waals surface area contributed by atoms with E-state index in [1.165, 1.54) is 6.07 Å². The molecule has 2 aromatic rings. The Kier molecular flexibility index (Phi) is 8.54. The van der Waals surface area contributed by atoms with E-state index in [4.69, 9.17) is 4.42 Å². The Bertz CT molecular complexity index is 842. The van der Waals surface area contributed by atoms with Crippen LogP contribution < -0.4 is 10.2 Å². The fourth-order valence-electron chi connectivity index (χ4n) is 2.46. The molecular formula is C19H26F3N5O2S. The van der Waals surface area contributed by atoms with Gasteiger partial charge in [-0.1, -0.05) is 18.7 Å². The van der Waals surface area contributed by atoms with Crippen molar-refractivity contribution in [2.24, 2.45) is 0 Å². The first kappa shape index (κ1) is 24.0. The highest BCUT2D eigenvalue weighted by Gasteiger charge is 2.34. The molecule has 0 saturated carbocycles. The van der Waals surface area contributed by atoms with Gasteiger partial charge >= 0.3 is 6.18 Å². The van der Waals surface area contributed by atoms with Crippen molar-refractivity contribution in [1.82, 2.24) is 20.2 Å². The average Bonchev–Trinajstić information content (AvgIpc) is 3.14. The van der Waals surface area contributed by atoms with Crippen LogP contribution in [0.15, 0.2) is 27.8 Å². The topological polar surface area (TPSA) is 74.5 Å². The Labute approximate surface area is 178 Å². The lowest BCUT2D eigenvalue weighted by Gasteiger charge is -2.19. The van der Waals surface area contributed by atoms with Gasteiger partial charge in [0, 0.05) is 32.7 Å². The van der Waals surface area contributed by atoms with E-state index in [0.717, 1.165) is 24.2 Å². The van der Waals surface area contributed by atoms with Crippen LogP contribution in [0.3, 0.4) is 0 Å². The van der Waals surface area contributed by atoms with Crippen molar-refractivity contribution in [2.75, 3.05) is 45.7 Å². The molecule has 30 heavy (non-hydrogen) atoms. The van der Waals surface area contributed by atoms with Crippen LogP contribution in [0.1, 0.15) is 35.4 Å². The lowest BCUT2D eigenvalue weighted by molar-refractivity contribution is -0.141. The Morgan fingerprint density at radius 3 is 2.57 bits per heavy atom. The van der Waals surface area contributed by atoms with Crippen LogP contribution in [0.2, 0.25) is 0 Å². The van der Waals surface area contributed by atoms with Crippen LogP contribution in [0.4, 0.5) is 19.0 Å². The third kappa shape index (κ3) is 7.21. The van der Waals surface area contributed by atoms with E-state index < -0.39 is 11.9 Å². The number of alkyl halides is 3. The van der Waals surface area contributed by atoms with Gasteiger partial charge in [0.05, 0.1) is 5.75 Å². The number of halogens is 3. The Balaban J connectivity index is 2.07. The normalized spacial score (nSPS) is 11.7. The van der Waals surface area contributed by atoms with E-state index in [1.54, 1.807) is 18.0 Å². The van der Waals surface area contributed by atoms with Gasteiger partial charge in [-0.25, -0.2) is 9.97 Å². The molecular weight excluding hydrogens is 419 g/mol. The predicted octanol–water partition coefficient (Wildman–Crippen LogP) is 3.52. The molecule has 2 aromatic heterocycles. The maximum absolute atomic E-state index is 13.2. The van der Waals surface area contributed by atoms with Crippen molar-refractivity contribution in [3.8, 4) is 0 Å². The third-order valence-electron chi connectivity index (χ3n) is 4.01. The monoisotopic (exact) mass is 445 g/mol. The molecule has 2 heterocycles. The first-order valence-electron chi connectivity index (χ1n) is 9.42. The summed E-state index contributed by atoms with van der Waals surface area (Å²) in [6, 6.07) is 4.10. The van der Waals surface area contributed by atoms with Gasteiger partial charge in [0.2, 0.25) is 0 Å². The summed E-state index contributed by atoms with van der Waals surface area (Å²) in [6.45, 7) is 3.67. The molecule has 0 spiro atoms. The summed E-state index contributed by atoms with van der Waals surface area (Å²) in [5.41, 5.74) is -0.988. The van der Waals surface area contributed by atoms with Crippen molar-refractivity contribution >= 4 is 23.5 Å². The summed E-state index contributed by atoms with van der Waals surface area (Å²) in [5, 5.41) is 2.73. The number of aromatic nitrogens is 2. The largest absolute Gasteiger partial charge is 0.455 e. The van der Waals surface area contributed by atoms with Crippen molar-refractivity contribution in [3.05, 3.63) is 35.4 Å². The van der Waals surface area contributed by atoms with Crippen LogP contribution >= 0.6 is 11.8 Å². The van der Waals surface area contributed by atoms with Gasteiger partial charge in [-0.05, 0) is 32.6 Å². The number of hydrogen-bond donors (Lipinski definition) is 1. The predicted molar refractivity (Wildman–Crippen MR) is 110 cm³/mol. The molecule has 0 aliphatic heterocycles. The number of likely N-dealkylation sites (N-methyl/N-ethyl adjacent to an activating group) is 1. The van der Waals surface area contributed by atoms with Crippen molar-refractivity contribution in [2.45, 2.75) is 30.4 Å². The SMILES string of the molecule is CCCN(C)c1cc(C(F)(F)F)nc(SCc2ccc(C(=O)NCCN(C)C)o2)n1. The van der Waals surface area contributed by atoms with Gasteiger partial charge in [0.1, 0.15) is 11.6 Å². The summed E-state index contributed by atoms with van der Waals surface area (Å²) in [5.74, 6) is 0.664. The van der Waals surface area contributed by atoms with Crippen LogP contribution in [0.25, 0.3) is 0 Å². The molecule has 0 aliphatic carbocycles. The molecule has 11 heteroatoms. The van der Waals surface area contributed by atoms with E-state index in [2.05, 4.69) is 15.3 Å². The number of carbonyl (C=O) groups excluding carboxylic acids is 1. The third-order valence-corrected chi connectivity index (χ3v) is 4.88. The highest BCUT2D eigenvalue weighted by Crippen LogP contribution is 2.32. The molecule has 166 valence electrons. The van der Waals surface area contributed by atoms with Gasteiger partial charge < -0.3 is 19.5 Å². The molecule has 0 bridgehead atoms. The van der Waals surface area contributed by atoms with Crippen LogP contribution in [-0.2, 0) is 11.9 Å². The summed E-state index contributed by atoms with van der Waals surface area (Å²) in [7, 11) is 5.49. The zero-order chi connectivity index (χ0) is 22.3. The average molecular weight is 446 g/mol. The van der Waals surface area contributed by atoms with E-state index in [9.17, 15) is 18.0 Å². The molecule has 0 aromatic carbocycles. The summed E-state index contributed by atoms with van der Waals surface area (Å²) in [6.07, 6.45) is -3.79. The molecule has 0 fully saturated rings. The lowest BCUT2D eigenvalue weighted by Crippen LogP contribution is -2.31. The van der Waals surface area contributed by atoms with Crippen LogP contribution in [0.5, 0.6) is 0 Å². The maximum atomic E-state index is 13.2. The quantitative estimate of drug-likeness (QED) is 0.443. The number of carbonyl (C=O) groups is 1. The van der Waals surface area contributed by atoms with Gasteiger partial charge in [0.15, 0.2) is 16.6 Å². The smallest absolute Gasteiger partial charge is 0.433 e. The van der Waals surface area contributed by atoms with E-state index >= 15 is 0 Å². The summed E-state index contributed by atoms with van der Waals surface area (Å²) in [4.78, 5) is 23.5. The Morgan fingerprint density at radius 1 is 1.20 bits per heavy atom. The van der Waals surface area contributed by atoms with Gasteiger partial charge in [-0.15, -0.1) is 0 Å². The summed E-state index contributed by atoms with van der Waals surface area (Å²) < 4.78 is 45.2. The lowest BCUT2D eigenvalue weighted by atomic mass is 10.3. The number of furan rings is 1. The standard InChI is InChI=1S/C19H26F3N5O2S/c1-5-9-27(4)16-11-15(19(20,21)22)24-18(25-16)30-12-13-6-7-14(29-13)17(28)23-8-10-26(2)3/h6-7,11H,5,8-10,12H2,1-4H3,(H,23,28). The highest BCUT2D eigenvalue weighted by molar-refractivity contribution is 7.98. The minimum Gasteiger partial charge on any atom is -0.455 e. The van der Waals surface area contributed by atoms with Crippen LogP contribution in [-0.4, -0.2) is 61.6 Å². The molecule has 2 rings (SSSR count). The molecule has 0 radical (unpaired) electrons. The Hall–Kier alpha value is -2.27. The highest BCUT2D eigenvalue weighted by atomic mass is 32.2. The van der Waals surface area contributed by atoms with Crippen molar-refractivity contribution in [1.29, 1.82) is 0 Å². The first-order chi connectivity index (χ1) is 14.1. The van der Waals surface area contributed by atoms with Crippen molar-refractivity contribution < 1.29 is 22.4 Å². The minimum atomic E-state index is -4.57. The maximum Gasteiger partial charge on any atom is 0.433 e. The molecule has 0 saturated heterocycles. The van der Waals surface area contributed by atoms with Gasteiger partial charge in [0.25, 0.3) is 5.91 Å². The number of anilines is 1. The number of nitrogens with one attached hydrogen (secondary N) is 1. The van der Waals surface area contributed by atoms with E-state index in [-0.39, 0.29) is 28.4 Å². The second-order valence-corrected chi connectivity index (χ2v) is 7.87. The molecule has 0 atom stereocenters. The van der Waals surface area contributed by atoms with Crippen molar-refractivity contribution in [3.63, 3.8) is 0 Å². The van der Waals surface area contributed by atoms with E-state index in [1.807, 2.05) is 25.9 Å². The number of thioether (sulfide) groups is 1. The second kappa shape index (κ2) is 10.7. The fraction of sp³-hybridized carbons (Fsp3) is 0.526. The zero-order valence-corrected chi connectivity index (χ0v) is 18.2. The fourth-order valence-corrected chi connectivity index (χ4v) is 3.21. The van der Waals surface area contributed by atoms with Gasteiger partial charge in [-0.3, -0.25) is 4.79 Å². The Morgan fingerprint density at radius 2 is 1.93 bits per heavy atom. The molecule has 0 aliphatic rings. The van der Waals surface area contributed by atoms with Gasteiger partial charge in [-0.2, -0.15) is 13.2 Å². The van der Waals surface area contributed by atoms with Crippen LogP contribution in [0, 0.1) is 0 Å². The minimum absolute atomic E-state index is 0.00355. The zero-order valence-electron chi connectivity index (χ0n) is 17.4. The molecule has 0 unspecified atom stereocenters. The molecule has 1 amide bonds. The first-order valence-corrected chi connectivity index (χ1v) is 10.4. The van der Waals surface area contributed by atoms with E-state index in [0.29, 0.717) is 25.4 Å². The molecule has 7 nitrogen and oxygen atoms in total. The second-order valence-electron chi connectivity index (χ2n) is 6.93. The number of rotatable bonds is 10. The number of nitrogens with zero attached hydrogens (tertiary/aromatic N) is 4. The molecule has 1 N–H and O–H groups in total.